The van der Waals surface area contributed by atoms with Gasteiger partial charge in [-0.1, -0.05) is 41.1 Å². The van der Waals surface area contributed by atoms with Crippen LogP contribution >= 0.6 is 31.9 Å². The Hall–Kier alpha value is -0.780. The van der Waals surface area contributed by atoms with Crippen LogP contribution < -0.4 is 5.32 Å². The minimum absolute atomic E-state index is 0.172. The van der Waals surface area contributed by atoms with Gasteiger partial charge in [0.05, 0.1) is 4.47 Å². The number of halogens is 4. The third-order valence-corrected chi connectivity index (χ3v) is 4.60. The lowest BCUT2D eigenvalue weighted by atomic mass is 9.98. The van der Waals surface area contributed by atoms with Crippen LogP contribution in [0.2, 0.25) is 0 Å². The van der Waals surface area contributed by atoms with Gasteiger partial charge in [0.1, 0.15) is 11.6 Å². The zero-order valence-electron chi connectivity index (χ0n) is 11.5. The van der Waals surface area contributed by atoms with Gasteiger partial charge in [0, 0.05) is 16.1 Å². The average molecular weight is 419 g/mol. The third kappa shape index (κ3) is 4.11. The van der Waals surface area contributed by atoms with Crippen molar-refractivity contribution in [3.63, 3.8) is 0 Å². The number of nitrogens with one attached hydrogen (secondary N) is 1. The maximum Gasteiger partial charge on any atom is 0.142 e. The van der Waals surface area contributed by atoms with Gasteiger partial charge in [0.15, 0.2) is 0 Å². The van der Waals surface area contributed by atoms with Gasteiger partial charge in [0.25, 0.3) is 0 Å². The minimum Gasteiger partial charge on any atom is -0.310 e. The van der Waals surface area contributed by atoms with Crippen LogP contribution in [0.3, 0.4) is 0 Å². The maximum atomic E-state index is 14.3. The highest BCUT2D eigenvalue weighted by molar-refractivity contribution is 9.10. The molecule has 2 aromatic carbocycles. The van der Waals surface area contributed by atoms with Crippen LogP contribution in [0.4, 0.5) is 8.78 Å². The SMILES string of the molecule is CCNC(Cc1ccc(F)cc1Br)c1cccc(Br)c1F. The summed E-state index contributed by atoms with van der Waals surface area (Å²) in [6, 6.07) is 9.65. The van der Waals surface area contributed by atoms with Gasteiger partial charge >= 0.3 is 0 Å². The summed E-state index contributed by atoms with van der Waals surface area (Å²) in [7, 11) is 0. The predicted octanol–water partition coefficient (Wildman–Crippen LogP) is 5.38. The molecule has 21 heavy (non-hydrogen) atoms. The molecule has 1 N–H and O–H groups in total. The molecule has 0 saturated carbocycles. The summed E-state index contributed by atoms with van der Waals surface area (Å²) in [5.41, 5.74) is 1.53. The summed E-state index contributed by atoms with van der Waals surface area (Å²) < 4.78 is 28.6. The number of hydrogen-bond acceptors (Lipinski definition) is 1. The van der Waals surface area contributed by atoms with Gasteiger partial charge in [-0.2, -0.15) is 0 Å². The van der Waals surface area contributed by atoms with E-state index in [0.29, 0.717) is 20.9 Å². The van der Waals surface area contributed by atoms with Crippen molar-refractivity contribution in [2.24, 2.45) is 0 Å². The summed E-state index contributed by atoms with van der Waals surface area (Å²) in [6.07, 6.45) is 0.572. The Balaban J connectivity index is 2.33. The molecular weight excluding hydrogens is 404 g/mol. The number of benzene rings is 2. The molecule has 5 heteroatoms. The zero-order chi connectivity index (χ0) is 15.4. The Morgan fingerprint density at radius 1 is 1.10 bits per heavy atom. The molecule has 1 unspecified atom stereocenters. The van der Waals surface area contributed by atoms with Gasteiger partial charge in [-0.05, 0) is 52.7 Å². The van der Waals surface area contributed by atoms with Crippen molar-refractivity contribution in [2.75, 3.05) is 6.54 Å². The Morgan fingerprint density at radius 3 is 2.52 bits per heavy atom. The minimum atomic E-state index is -0.292. The van der Waals surface area contributed by atoms with Crippen LogP contribution in [0, 0.1) is 11.6 Å². The van der Waals surface area contributed by atoms with Crippen molar-refractivity contribution in [3.05, 3.63) is 68.1 Å². The largest absolute Gasteiger partial charge is 0.310 e. The second-order valence-electron chi connectivity index (χ2n) is 4.69. The molecule has 0 amide bonds. The maximum absolute atomic E-state index is 14.3. The highest BCUT2D eigenvalue weighted by atomic mass is 79.9. The van der Waals surface area contributed by atoms with Crippen LogP contribution in [-0.4, -0.2) is 6.54 Å². The average Bonchev–Trinajstić information content (AvgIpc) is 2.44. The first kappa shape index (κ1) is 16.6. The molecule has 0 saturated heterocycles. The second-order valence-corrected chi connectivity index (χ2v) is 6.40. The molecule has 0 aliphatic carbocycles. The molecule has 0 aromatic heterocycles. The zero-order valence-corrected chi connectivity index (χ0v) is 14.6. The molecule has 0 heterocycles. The van der Waals surface area contributed by atoms with E-state index in [4.69, 9.17) is 0 Å². The van der Waals surface area contributed by atoms with E-state index in [1.165, 1.54) is 12.1 Å². The number of rotatable bonds is 5. The van der Waals surface area contributed by atoms with Crippen LogP contribution in [0.25, 0.3) is 0 Å². The van der Waals surface area contributed by atoms with Crippen molar-refractivity contribution in [2.45, 2.75) is 19.4 Å². The third-order valence-electron chi connectivity index (χ3n) is 3.25. The lowest BCUT2D eigenvalue weighted by Gasteiger charge is -2.20. The van der Waals surface area contributed by atoms with Crippen molar-refractivity contribution in [1.29, 1.82) is 0 Å². The summed E-state index contributed by atoms with van der Waals surface area (Å²) in [5.74, 6) is -0.555. The first-order valence-corrected chi connectivity index (χ1v) is 8.22. The van der Waals surface area contributed by atoms with Gasteiger partial charge < -0.3 is 5.32 Å². The van der Waals surface area contributed by atoms with Gasteiger partial charge in [-0.3, -0.25) is 0 Å². The smallest absolute Gasteiger partial charge is 0.142 e. The van der Waals surface area contributed by atoms with E-state index >= 15 is 0 Å². The van der Waals surface area contributed by atoms with Gasteiger partial charge in [-0.25, -0.2) is 8.78 Å². The topological polar surface area (TPSA) is 12.0 Å². The number of likely N-dealkylation sites (N-methyl/N-ethyl adjacent to an activating group) is 1. The van der Waals surface area contributed by atoms with E-state index in [2.05, 4.69) is 37.2 Å². The molecule has 1 nitrogen and oxygen atoms in total. The van der Waals surface area contributed by atoms with Crippen molar-refractivity contribution in [1.82, 2.24) is 5.32 Å². The molecular formula is C16H15Br2F2N. The summed E-state index contributed by atoms with van der Waals surface area (Å²) in [6.45, 7) is 2.69. The molecule has 2 aromatic rings. The lowest BCUT2D eigenvalue weighted by molar-refractivity contribution is 0.506. The Morgan fingerprint density at radius 2 is 1.86 bits per heavy atom. The fraction of sp³-hybridized carbons (Fsp3) is 0.250. The van der Waals surface area contributed by atoms with Crippen molar-refractivity contribution >= 4 is 31.9 Å². The van der Waals surface area contributed by atoms with E-state index in [-0.39, 0.29) is 17.7 Å². The fourth-order valence-corrected chi connectivity index (χ4v) is 3.13. The first-order valence-electron chi connectivity index (χ1n) is 6.64. The quantitative estimate of drug-likeness (QED) is 0.686. The summed E-state index contributed by atoms with van der Waals surface area (Å²) in [5, 5.41) is 3.28. The number of hydrogen-bond donors (Lipinski definition) is 1. The molecule has 0 radical (unpaired) electrons. The normalized spacial score (nSPS) is 12.4. The molecule has 1 atom stereocenters. The van der Waals surface area contributed by atoms with E-state index in [1.54, 1.807) is 18.2 Å². The summed E-state index contributed by atoms with van der Waals surface area (Å²) in [4.78, 5) is 0. The second kappa shape index (κ2) is 7.47. The highest BCUT2D eigenvalue weighted by Crippen LogP contribution is 2.28. The standard InChI is InChI=1S/C16H15Br2F2N/c1-2-21-15(12-4-3-5-13(17)16(12)20)8-10-6-7-11(19)9-14(10)18/h3-7,9,15,21H,2,8H2,1H3. The van der Waals surface area contributed by atoms with Gasteiger partial charge in [0.2, 0.25) is 0 Å². The summed E-state index contributed by atoms with van der Waals surface area (Å²) >= 11 is 6.57. The van der Waals surface area contributed by atoms with E-state index in [0.717, 1.165) is 12.1 Å². The van der Waals surface area contributed by atoms with Crippen molar-refractivity contribution < 1.29 is 8.78 Å². The molecule has 0 fully saturated rings. The van der Waals surface area contributed by atoms with Crippen LogP contribution in [0.15, 0.2) is 45.3 Å². The highest BCUT2D eigenvalue weighted by Gasteiger charge is 2.18. The van der Waals surface area contributed by atoms with E-state index in [1.807, 2.05) is 13.0 Å². The van der Waals surface area contributed by atoms with Crippen LogP contribution in [0.5, 0.6) is 0 Å². The van der Waals surface area contributed by atoms with Crippen molar-refractivity contribution in [3.8, 4) is 0 Å². The molecule has 0 bridgehead atoms. The molecule has 0 spiro atoms. The first-order chi connectivity index (χ1) is 10.0. The Kier molecular flexibility index (Phi) is 5.90. The fourth-order valence-electron chi connectivity index (χ4n) is 2.24. The van der Waals surface area contributed by atoms with E-state index in [9.17, 15) is 8.78 Å². The van der Waals surface area contributed by atoms with Crippen LogP contribution in [-0.2, 0) is 6.42 Å². The Bertz CT molecular complexity index is 632. The van der Waals surface area contributed by atoms with Crippen LogP contribution in [0.1, 0.15) is 24.1 Å². The predicted molar refractivity (Wildman–Crippen MR) is 88.3 cm³/mol. The Labute approximate surface area is 140 Å². The molecule has 2 rings (SSSR count). The molecule has 0 aliphatic heterocycles. The van der Waals surface area contributed by atoms with Gasteiger partial charge in [-0.15, -0.1) is 0 Å². The van der Waals surface area contributed by atoms with E-state index < -0.39 is 0 Å². The monoisotopic (exact) mass is 417 g/mol. The molecule has 112 valence electrons. The molecule has 0 aliphatic rings. The lowest BCUT2D eigenvalue weighted by Crippen LogP contribution is -2.24.